The summed E-state index contributed by atoms with van der Waals surface area (Å²) in [4.78, 5) is 14.1. The van der Waals surface area contributed by atoms with Crippen LogP contribution < -0.4 is 0 Å². The summed E-state index contributed by atoms with van der Waals surface area (Å²) in [6.45, 7) is 0. The van der Waals surface area contributed by atoms with Crippen molar-refractivity contribution in [1.29, 1.82) is 0 Å². The number of aromatic nitrogens is 1. The molecule has 0 N–H and O–H groups in total. The normalized spacial score (nSPS) is 18.7. The van der Waals surface area contributed by atoms with Gasteiger partial charge >= 0.3 is 12.1 Å². The maximum atomic E-state index is 12.9. The molecule has 1 aromatic rings. The Bertz CT molecular complexity index is 465. The fourth-order valence-corrected chi connectivity index (χ4v) is 1.49. The first-order valence-electron chi connectivity index (χ1n) is 4.21. The highest BCUT2D eigenvalue weighted by molar-refractivity contribution is 6.05. The fourth-order valence-electron chi connectivity index (χ4n) is 1.49. The number of hydrogen-bond donors (Lipinski definition) is 0. The van der Waals surface area contributed by atoms with Crippen LogP contribution in [0, 0.1) is 0 Å². The molecule has 0 atom stereocenters. The van der Waals surface area contributed by atoms with Crippen molar-refractivity contribution < 1.29 is 26.7 Å². The Morgan fingerprint density at radius 3 is 2.44 bits per heavy atom. The predicted octanol–water partition coefficient (Wildman–Crippen LogP) is 2.47. The zero-order valence-corrected chi connectivity index (χ0v) is 7.61. The number of ketones is 1. The number of pyridine rings is 1. The number of alkyl halides is 5. The van der Waals surface area contributed by atoms with Gasteiger partial charge < -0.3 is 0 Å². The van der Waals surface area contributed by atoms with Crippen LogP contribution in [-0.2, 0) is 12.6 Å². The SMILES string of the molecule is O=C1c2ccc(C(F)(F)F)nc2CC1(F)F. The van der Waals surface area contributed by atoms with Crippen LogP contribution in [0.4, 0.5) is 22.0 Å². The molecule has 1 heterocycles. The number of carbonyl (C=O) groups excluding carboxylic acids is 1. The van der Waals surface area contributed by atoms with E-state index in [1.165, 1.54) is 0 Å². The van der Waals surface area contributed by atoms with E-state index in [9.17, 15) is 26.7 Å². The van der Waals surface area contributed by atoms with Gasteiger partial charge in [0, 0.05) is 5.56 Å². The predicted molar refractivity (Wildman–Crippen MR) is 42.2 cm³/mol. The first-order valence-corrected chi connectivity index (χ1v) is 4.21. The number of nitrogens with zero attached hydrogens (tertiary/aromatic N) is 1. The van der Waals surface area contributed by atoms with Crippen LogP contribution in [0.1, 0.15) is 21.7 Å². The average Bonchev–Trinajstić information content (AvgIpc) is 2.36. The molecule has 0 unspecified atom stereocenters. The smallest absolute Gasteiger partial charge is 0.287 e. The molecule has 0 radical (unpaired) electrons. The maximum absolute atomic E-state index is 12.9. The first-order chi connectivity index (χ1) is 7.22. The lowest BCUT2D eigenvalue weighted by atomic mass is 10.2. The zero-order valence-electron chi connectivity index (χ0n) is 7.61. The third-order valence-corrected chi connectivity index (χ3v) is 2.23. The first kappa shape index (κ1) is 11.0. The summed E-state index contributed by atoms with van der Waals surface area (Å²) in [6, 6.07) is 1.27. The Morgan fingerprint density at radius 2 is 1.88 bits per heavy atom. The highest BCUT2D eigenvalue weighted by Gasteiger charge is 2.48. The fraction of sp³-hybridized carbons (Fsp3) is 0.333. The quantitative estimate of drug-likeness (QED) is 0.649. The van der Waals surface area contributed by atoms with E-state index in [4.69, 9.17) is 0 Å². The third kappa shape index (κ3) is 1.56. The van der Waals surface area contributed by atoms with Gasteiger partial charge in [0.2, 0.25) is 5.78 Å². The molecule has 2 rings (SSSR count). The molecule has 0 fully saturated rings. The van der Waals surface area contributed by atoms with E-state index < -0.39 is 41.3 Å². The molecule has 1 aliphatic carbocycles. The largest absolute Gasteiger partial charge is 0.433 e. The molecule has 86 valence electrons. The number of carbonyl (C=O) groups is 1. The van der Waals surface area contributed by atoms with Gasteiger partial charge in [-0.3, -0.25) is 4.79 Å². The van der Waals surface area contributed by atoms with E-state index in [0.29, 0.717) is 6.07 Å². The molecule has 0 saturated heterocycles. The van der Waals surface area contributed by atoms with Crippen molar-refractivity contribution in [2.24, 2.45) is 0 Å². The van der Waals surface area contributed by atoms with E-state index in [0.717, 1.165) is 6.07 Å². The van der Waals surface area contributed by atoms with Crippen molar-refractivity contribution in [2.75, 3.05) is 0 Å². The van der Waals surface area contributed by atoms with Gasteiger partial charge in [0.15, 0.2) is 0 Å². The van der Waals surface area contributed by atoms with Gasteiger partial charge in [-0.15, -0.1) is 0 Å². The molecule has 0 aromatic carbocycles. The van der Waals surface area contributed by atoms with Crippen molar-refractivity contribution in [1.82, 2.24) is 4.98 Å². The molecule has 0 aliphatic heterocycles. The lowest BCUT2D eigenvalue weighted by Gasteiger charge is -2.06. The van der Waals surface area contributed by atoms with Crippen LogP contribution in [-0.4, -0.2) is 16.7 Å². The van der Waals surface area contributed by atoms with Crippen molar-refractivity contribution in [2.45, 2.75) is 18.5 Å². The minimum Gasteiger partial charge on any atom is -0.287 e. The Balaban J connectivity index is 2.50. The van der Waals surface area contributed by atoms with Crippen LogP contribution in [0.2, 0.25) is 0 Å². The molecular weight excluding hydrogens is 233 g/mol. The topological polar surface area (TPSA) is 30.0 Å². The van der Waals surface area contributed by atoms with Crippen LogP contribution in [0.25, 0.3) is 0 Å². The van der Waals surface area contributed by atoms with Gasteiger partial charge in [0.25, 0.3) is 0 Å². The molecule has 7 heteroatoms. The summed E-state index contributed by atoms with van der Waals surface area (Å²) in [5, 5.41) is 0. The molecule has 16 heavy (non-hydrogen) atoms. The number of hydrogen-bond acceptors (Lipinski definition) is 2. The van der Waals surface area contributed by atoms with Gasteiger partial charge in [-0.05, 0) is 12.1 Å². The molecule has 0 spiro atoms. The summed E-state index contributed by atoms with van der Waals surface area (Å²) in [5.41, 5.74) is -2.19. The van der Waals surface area contributed by atoms with Gasteiger partial charge in [0.05, 0.1) is 12.1 Å². The van der Waals surface area contributed by atoms with Crippen LogP contribution in [0.3, 0.4) is 0 Å². The molecule has 0 bridgehead atoms. The lowest BCUT2D eigenvalue weighted by Crippen LogP contribution is -2.23. The Labute approximate surface area is 86.1 Å². The van der Waals surface area contributed by atoms with Gasteiger partial charge in [0.1, 0.15) is 5.69 Å². The van der Waals surface area contributed by atoms with Crippen molar-refractivity contribution >= 4 is 5.78 Å². The molecule has 0 saturated carbocycles. The minimum atomic E-state index is -4.70. The summed E-state index contributed by atoms with van der Waals surface area (Å²) >= 11 is 0. The highest BCUT2D eigenvalue weighted by Crippen LogP contribution is 2.35. The third-order valence-electron chi connectivity index (χ3n) is 2.23. The van der Waals surface area contributed by atoms with E-state index in [1.807, 2.05) is 0 Å². The lowest BCUT2D eigenvalue weighted by molar-refractivity contribution is -0.141. The Morgan fingerprint density at radius 1 is 1.25 bits per heavy atom. The number of fused-ring (bicyclic) bond motifs is 1. The van der Waals surface area contributed by atoms with Crippen LogP contribution >= 0.6 is 0 Å². The second kappa shape index (κ2) is 2.99. The van der Waals surface area contributed by atoms with Crippen LogP contribution in [0.15, 0.2) is 12.1 Å². The van der Waals surface area contributed by atoms with E-state index >= 15 is 0 Å². The maximum Gasteiger partial charge on any atom is 0.433 e. The van der Waals surface area contributed by atoms with Crippen molar-refractivity contribution in [3.05, 3.63) is 29.1 Å². The molecule has 2 nitrogen and oxygen atoms in total. The van der Waals surface area contributed by atoms with Crippen LogP contribution in [0.5, 0.6) is 0 Å². The van der Waals surface area contributed by atoms with E-state index in [1.54, 1.807) is 0 Å². The zero-order chi connectivity index (χ0) is 12.1. The second-order valence-corrected chi connectivity index (χ2v) is 3.40. The Kier molecular flexibility index (Phi) is 2.05. The summed E-state index contributed by atoms with van der Waals surface area (Å²) in [6.07, 6.45) is -5.76. The number of Topliss-reactive ketones (excluding diaryl/α,β-unsaturated/α-hetero) is 1. The molecule has 1 aliphatic rings. The average molecular weight is 237 g/mol. The van der Waals surface area contributed by atoms with E-state index in [-0.39, 0.29) is 0 Å². The molecule has 1 aromatic heterocycles. The number of rotatable bonds is 0. The number of halogens is 5. The standard InChI is InChI=1S/C9H4F5NO/c10-8(11)3-5-4(7(8)16)1-2-6(15-5)9(12,13)14/h1-2H,3H2. The highest BCUT2D eigenvalue weighted by atomic mass is 19.4. The molecular formula is C9H4F5NO. The van der Waals surface area contributed by atoms with E-state index in [2.05, 4.69) is 4.98 Å². The summed E-state index contributed by atoms with van der Waals surface area (Å²) in [7, 11) is 0. The minimum absolute atomic E-state index is 0.432. The summed E-state index contributed by atoms with van der Waals surface area (Å²) < 4.78 is 62.4. The monoisotopic (exact) mass is 237 g/mol. The van der Waals surface area contributed by atoms with Crippen molar-refractivity contribution in [3.8, 4) is 0 Å². The van der Waals surface area contributed by atoms with Gasteiger partial charge in [-0.2, -0.15) is 22.0 Å². The van der Waals surface area contributed by atoms with Crippen molar-refractivity contribution in [3.63, 3.8) is 0 Å². The van der Waals surface area contributed by atoms with Gasteiger partial charge in [-0.1, -0.05) is 0 Å². The Hall–Kier alpha value is -1.53. The van der Waals surface area contributed by atoms with Gasteiger partial charge in [-0.25, -0.2) is 4.98 Å². The second-order valence-electron chi connectivity index (χ2n) is 3.40. The molecule has 0 amide bonds. The summed E-state index contributed by atoms with van der Waals surface area (Å²) in [5.74, 6) is -5.11.